The van der Waals surface area contributed by atoms with Crippen LogP contribution in [0.2, 0.25) is 0 Å². The minimum absolute atomic E-state index is 0.0779. The lowest BCUT2D eigenvalue weighted by atomic mass is 9.75. The fraction of sp³-hybridized carbons (Fsp3) is 0.217. The summed E-state index contributed by atoms with van der Waals surface area (Å²) in [5.41, 5.74) is 8.58. The van der Waals surface area contributed by atoms with Gasteiger partial charge in [0.2, 0.25) is 0 Å². The minimum Gasteiger partial charge on any atom is -0.497 e. The van der Waals surface area contributed by atoms with Gasteiger partial charge in [-0.3, -0.25) is 19.8 Å². The summed E-state index contributed by atoms with van der Waals surface area (Å²) in [4.78, 5) is 25.8. The number of carbonyl (C=O) groups excluding carboxylic acids is 1. The first kappa shape index (κ1) is 20.2. The maximum atomic E-state index is 13.1. The Morgan fingerprint density at radius 1 is 1.19 bits per heavy atom. The van der Waals surface area contributed by atoms with E-state index in [2.05, 4.69) is 6.07 Å². The second-order valence-corrected chi connectivity index (χ2v) is 7.34. The molecule has 2 aromatic rings. The molecule has 8 nitrogen and oxygen atoms in total. The summed E-state index contributed by atoms with van der Waals surface area (Å²) in [5.74, 6) is 0.0513. The predicted molar refractivity (Wildman–Crippen MR) is 114 cm³/mol. The van der Waals surface area contributed by atoms with Gasteiger partial charge in [0.1, 0.15) is 17.3 Å². The zero-order valence-electron chi connectivity index (χ0n) is 16.9. The van der Waals surface area contributed by atoms with Crippen molar-refractivity contribution in [1.82, 2.24) is 0 Å². The van der Waals surface area contributed by atoms with Crippen LogP contribution < -0.4 is 15.4 Å². The molecule has 1 aliphatic heterocycles. The number of anilines is 1. The Hall–Kier alpha value is -4.12. The fourth-order valence-electron chi connectivity index (χ4n) is 4.30. The third kappa shape index (κ3) is 3.30. The minimum atomic E-state index is -0.627. The Kier molecular flexibility index (Phi) is 5.17. The highest BCUT2D eigenvalue weighted by molar-refractivity contribution is 6.01. The highest BCUT2D eigenvalue weighted by atomic mass is 16.6. The molecule has 4 rings (SSSR count). The van der Waals surface area contributed by atoms with E-state index in [1.165, 1.54) is 11.0 Å². The van der Waals surface area contributed by atoms with Crippen LogP contribution in [0.4, 0.5) is 11.4 Å². The number of nitriles is 1. The predicted octanol–water partition coefficient (Wildman–Crippen LogP) is 3.91. The molecule has 2 aromatic carbocycles. The molecule has 0 unspecified atom stereocenters. The van der Waals surface area contributed by atoms with E-state index in [0.29, 0.717) is 36.3 Å². The Labute approximate surface area is 179 Å². The molecule has 2 N–H and O–H groups in total. The van der Waals surface area contributed by atoms with Gasteiger partial charge in [0.05, 0.1) is 29.6 Å². The number of nitrogens with two attached hydrogens (primary N) is 1. The van der Waals surface area contributed by atoms with Gasteiger partial charge in [-0.25, -0.2) is 0 Å². The normalized spacial score (nSPS) is 18.5. The number of nitrogens with zero attached hydrogens (tertiary/aromatic N) is 3. The molecular weight excluding hydrogens is 396 g/mol. The largest absolute Gasteiger partial charge is 0.497 e. The maximum absolute atomic E-state index is 13.1. The lowest BCUT2D eigenvalue weighted by Crippen LogP contribution is -2.39. The average Bonchev–Trinajstić information content (AvgIpc) is 2.78. The molecular formula is C23H20N4O4. The van der Waals surface area contributed by atoms with Gasteiger partial charge in [-0.2, -0.15) is 5.26 Å². The molecule has 31 heavy (non-hydrogen) atoms. The van der Waals surface area contributed by atoms with E-state index in [1.807, 2.05) is 0 Å². The highest BCUT2D eigenvalue weighted by Crippen LogP contribution is 2.47. The summed E-state index contributed by atoms with van der Waals surface area (Å²) in [5, 5.41) is 21.7. The first-order chi connectivity index (χ1) is 15.0. The number of allylic oxidation sites excluding steroid dienone is 3. The summed E-state index contributed by atoms with van der Waals surface area (Å²) in [6.45, 7) is 0. The molecule has 8 heteroatoms. The molecule has 0 aromatic heterocycles. The van der Waals surface area contributed by atoms with E-state index in [-0.39, 0.29) is 28.6 Å². The van der Waals surface area contributed by atoms with E-state index < -0.39 is 10.8 Å². The average molecular weight is 416 g/mol. The highest BCUT2D eigenvalue weighted by Gasteiger charge is 2.41. The summed E-state index contributed by atoms with van der Waals surface area (Å²) < 4.78 is 5.22. The topological polar surface area (TPSA) is 122 Å². The van der Waals surface area contributed by atoms with Crippen molar-refractivity contribution < 1.29 is 14.5 Å². The van der Waals surface area contributed by atoms with Crippen LogP contribution in [0.25, 0.3) is 0 Å². The van der Waals surface area contributed by atoms with Crippen LogP contribution in [0, 0.1) is 21.4 Å². The number of rotatable bonds is 4. The van der Waals surface area contributed by atoms with Crippen LogP contribution in [0.15, 0.2) is 71.2 Å². The zero-order valence-corrected chi connectivity index (χ0v) is 16.9. The SMILES string of the molecule is COc1ccc([C@H]2C(C#N)=C(N)N(c3ccccc3[N+](=O)[O-])C3=C2C(=O)CCC3)cc1. The first-order valence-corrected chi connectivity index (χ1v) is 9.81. The van der Waals surface area contributed by atoms with Gasteiger partial charge >= 0.3 is 0 Å². The van der Waals surface area contributed by atoms with Crippen molar-refractivity contribution in [2.45, 2.75) is 25.2 Å². The summed E-state index contributed by atoms with van der Waals surface area (Å²) in [6.07, 6.45) is 1.49. The van der Waals surface area contributed by atoms with E-state index in [9.17, 15) is 20.2 Å². The zero-order chi connectivity index (χ0) is 22.1. The lowest BCUT2D eigenvalue weighted by molar-refractivity contribution is -0.384. The van der Waals surface area contributed by atoms with Crippen LogP contribution in [0.1, 0.15) is 30.7 Å². The van der Waals surface area contributed by atoms with Crippen molar-refractivity contribution in [3.8, 4) is 11.8 Å². The van der Waals surface area contributed by atoms with Gasteiger partial charge in [-0.05, 0) is 36.6 Å². The Morgan fingerprint density at radius 3 is 2.55 bits per heavy atom. The van der Waals surface area contributed by atoms with Crippen LogP contribution >= 0.6 is 0 Å². The Bertz CT molecular complexity index is 1170. The number of Topliss-reactive ketones (excluding diaryl/α,β-unsaturated/α-hetero) is 1. The van der Waals surface area contributed by atoms with E-state index in [4.69, 9.17) is 10.5 Å². The van der Waals surface area contributed by atoms with E-state index in [0.717, 1.165) is 5.56 Å². The molecule has 1 aliphatic carbocycles. The standard InChI is InChI=1S/C23H20N4O4/c1-31-15-11-9-14(10-12-15)21-16(13-24)23(25)26(19-7-4-8-20(28)22(19)21)17-5-2-3-6-18(17)27(29)30/h2-3,5-6,9-12,21H,4,7-8,25H2,1H3/t21-/m0/s1. The Balaban J connectivity index is 1.97. The number of hydrogen-bond donors (Lipinski definition) is 1. The lowest BCUT2D eigenvalue weighted by Gasteiger charge is -2.39. The summed E-state index contributed by atoms with van der Waals surface area (Å²) in [6, 6.07) is 15.5. The van der Waals surface area contributed by atoms with Crippen LogP contribution in [-0.2, 0) is 4.79 Å². The monoisotopic (exact) mass is 416 g/mol. The maximum Gasteiger partial charge on any atom is 0.293 e. The van der Waals surface area contributed by atoms with Gasteiger partial charge in [0, 0.05) is 23.8 Å². The number of carbonyl (C=O) groups is 1. The molecule has 0 amide bonds. The van der Waals surface area contributed by atoms with Gasteiger partial charge < -0.3 is 10.5 Å². The molecule has 0 fully saturated rings. The fourth-order valence-corrected chi connectivity index (χ4v) is 4.30. The van der Waals surface area contributed by atoms with Crippen molar-refractivity contribution in [2.75, 3.05) is 12.0 Å². The van der Waals surface area contributed by atoms with Gasteiger partial charge in [0.15, 0.2) is 5.78 Å². The van der Waals surface area contributed by atoms with E-state index in [1.54, 1.807) is 49.6 Å². The molecule has 0 radical (unpaired) electrons. The van der Waals surface area contributed by atoms with Crippen LogP contribution in [0.5, 0.6) is 5.75 Å². The number of benzene rings is 2. The van der Waals surface area contributed by atoms with E-state index >= 15 is 0 Å². The van der Waals surface area contributed by atoms with Gasteiger partial charge in [0.25, 0.3) is 5.69 Å². The number of nitro benzene ring substituents is 1. The van der Waals surface area contributed by atoms with Gasteiger partial charge in [-0.15, -0.1) is 0 Å². The van der Waals surface area contributed by atoms with Gasteiger partial charge in [-0.1, -0.05) is 24.3 Å². The number of ketones is 1. The number of methoxy groups -OCH3 is 1. The molecule has 2 aliphatic rings. The molecule has 0 spiro atoms. The number of hydrogen-bond acceptors (Lipinski definition) is 7. The first-order valence-electron chi connectivity index (χ1n) is 9.81. The van der Waals surface area contributed by atoms with Crippen molar-refractivity contribution in [1.29, 1.82) is 5.26 Å². The molecule has 0 saturated carbocycles. The Morgan fingerprint density at radius 2 is 1.90 bits per heavy atom. The third-order valence-corrected chi connectivity index (χ3v) is 5.68. The third-order valence-electron chi connectivity index (χ3n) is 5.68. The second-order valence-electron chi connectivity index (χ2n) is 7.34. The number of para-hydroxylation sites is 2. The van der Waals surface area contributed by atoms with Crippen LogP contribution in [-0.4, -0.2) is 17.8 Å². The summed E-state index contributed by atoms with van der Waals surface area (Å²) >= 11 is 0. The van der Waals surface area contributed by atoms with Crippen molar-refractivity contribution in [2.24, 2.45) is 5.73 Å². The quantitative estimate of drug-likeness (QED) is 0.592. The summed E-state index contributed by atoms with van der Waals surface area (Å²) in [7, 11) is 1.56. The van der Waals surface area contributed by atoms with Crippen molar-refractivity contribution >= 4 is 17.2 Å². The number of nitro groups is 1. The molecule has 0 bridgehead atoms. The number of ether oxygens (including phenoxy) is 1. The molecule has 156 valence electrons. The molecule has 1 heterocycles. The van der Waals surface area contributed by atoms with Crippen LogP contribution in [0.3, 0.4) is 0 Å². The smallest absolute Gasteiger partial charge is 0.293 e. The second kappa shape index (κ2) is 7.95. The molecule has 0 saturated heterocycles. The van der Waals surface area contributed by atoms with Crippen molar-refractivity contribution in [3.05, 3.63) is 86.9 Å². The van der Waals surface area contributed by atoms with Crippen molar-refractivity contribution in [3.63, 3.8) is 0 Å². The molecule has 1 atom stereocenters.